The number of rotatable bonds is 6. The van der Waals surface area contributed by atoms with Crippen LogP contribution >= 0.6 is 0 Å². The van der Waals surface area contributed by atoms with Gasteiger partial charge in [0, 0.05) is 44.6 Å². The lowest BCUT2D eigenvalue weighted by atomic mass is 10.2. The van der Waals surface area contributed by atoms with E-state index in [1.807, 2.05) is 24.4 Å². The second kappa shape index (κ2) is 7.80. The summed E-state index contributed by atoms with van der Waals surface area (Å²) in [4.78, 5) is 9.31. The fourth-order valence-corrected chi connectivity index (χ4v) is 2.85. The highest BCUT2D eigenvalue weighted by Crippen LogP contribution is 2.15. The average molecular weight is 296 g/mol. The zero-order valence-corrected chi connectivity index (χ0v) is 13.0. The molecule has 0 aliphatic carbocycles. The van der Waals surface area contributed by atoms with Crippen molar-refractivity contribution >= 4 is 11.5 Å². The lowest BCUT2D eigenvalue weighted by Gasteiger charge is -2.36. The van der Waals surface area contributed by atoms with Gasteiger partial charge >= 0.3 is 0 Å². The van der Waals surface area contributed by atoms with E-state index in [0.717, 1.165) is 51.5 Å². The van der Waals surface area contributed by atoms with Gasteiger partial charge < -0.3 is 10.2 Å². The third-order valence-electron chi connectivity index (χ3n) is 4.12. The van der Waals surface area contributed by atoms with Crippen molar-refractivity contribution in [2.45, 2.75) is 6.42 Å². The second-order valence-electron chi connectivity index (χ2n) is 5.66. The van der Waals surface area contributed by atoms with E-state index >= 15 is 0 Å². The van der Waals surface area contributed by atoms with Gasteiger partial charge in [-0.2, -0.15) is 0 Å². The summed E-state index contributed by atoms with van der Waals surface area (Å²) in [5.74, 6) is 0.969. The van der Waals surface area contributed by atoms with E-state index in [1.165, 1.54) is 5.69 Å². The number of piperazine rings is 1. The molecule has 1 aliphatic rings. The van der Waals surface area contributed by atoms with Crippen LogP contribution in [-0.2, 0) is 0 Å². The van der Waals surface area contributed by atoms with Crippen LogP contribution in [-0.4, -0.2) is 49.2 Å². The van der Waals surface area contributed by atoms with Crippen molar-refractivity contribution in [3.8, 4) is 0 Å². The molecule has 1 aromatic heterocycles. The van der Waals surface area contributed by atoms with Gasteiger partial charge in [-0.15, -0.1) is 0 Å². The summed E-state index contributed by atoms with van der Waals surface area (Å²) < 4.78 is 0. The Morgan fingerprint density at radius 1 is 0.909 bits per heavy atom. The van der Waals surface area contributed by atoms with Crippen LogP contribution in [0.15, 0.2) is 54.7 Å². The molecule has 4 nitrogen and oxygen atoms in total. The van der Waals surface area contributed by atoms with Gasteiger partial charge in [0.2, 0.25) is 0 Å². The van der Waals surface area contributed by atoms with E-state index in [1.54, 1.807) is 0 Å². The van der Waals surface area contributed by atoms with Gasteiger partial charge in [0.1, 0.15) is 5.82 Å². The molecule has 0 amide bonds. The van der Waals surface area contributed by atoms with Crippen LogP contribution in [0.1, 0.15) is 6.42 Å². The molecule has 1 aliphatic heterocycles. The first-order valence-electron chi connectivity index (χ1n) is 8.09. The van der Waals surface area contributed by atoms with Crippen LogP contribution in [0.25, 0.3) is 0 Å². The molecule has 0 unspecified atom stereocenters. The SMILES string of the molecule is c1ccc(N2CCN(CCCNc3ccccn3)CC2)cc1. The van der Waals surface area contributed by atoms with Crippen molar-refractivity contribution < 1.29 is 0 Å². The molecule has 22 heavy (non-hydrogen) atoms. The number of hydrogen-bond donors (Lipinski definition) is 1. The van der Waals surface area contributed by atoms with Gasteiger partial charge in [0.25, 0.3) is 0 Å². The molecule has 0 spiro atoms. The molecule has 0 radical (unpaired) electrons. The fraction of sp³-hybridized carbons (Fsp3) is 0.389. The van der Waals surface area contributed by atoms with Crippen molar-refractivity contribution in [3.63, 3.8) is 0 Å². The van der Waals surface area contributed by atoms with Crippen LogP contribution in [0.4, 0.5) is 11.5 Å². The standard InChI is InChI=1S/C18H24N4/c1-2-7-17(8-3-1)22-15-13-21(14-16-22)12-6-11-20-18-9-4-5-10-19-18/h1-5,7-10H,6,11-16H2,(H,19,20). The van der Waals surface area contributed by atoms with Crippen LogP contribution in [0, 0.1) is 0 Å². The first-order chi connectivity index (χ1) is 10.9. The van der Waals surface area contributed by atoms with Gasteiger partial charge in [0.05, 0.1) is 0 Å². The smallest absolute Gasteiger partial charge is 0.125 e. The maximum Gasteiger partial charge on any atom is 0.125 e. The van der Waals surface area contributed by atoms with E-state index < -0.39 is 0 Å². The number of para-hydroxylation sites is 1. The van der Waals surface area contributed by atoms with E-state index in [-0.39, 0.29) is 0 Å². The highest BCUT2D eigenvalue weighted by atomic mass is 15.3. The highest BCUT2D eigenvalue weighted by Gasteiger charge is 2.16. The predicted octanol–water partition coefficient (Wildman–Crippen LogP) is 2.71. The lowest BCUT2D eigenvalue weighted by Crippen LogP contribution is -2.46. The number of nitrogens with one attached hydrogen (secondary N) is 1. The molecule has 0 atom stereocenters. The van der Waals surface area contributed by atoms with Crippen molar-refractivity contribution in [1.29, 1.82) is 0 Å². The summed E-state index contributed by atoms with van der Waals surface area (Å²) in [6.07, 6.45) is 2.98. The lowest BCUT2D eigenvalue weighted by molar-refractivity contribution is 0.257. The van der Waals surface area contributed by atoms with Crippen molar-refractivity contribution in [1.82, 2.24) is 9.88 Å². The molecule has 2 aromatic rings. The highest BCUT2D eigenvalue weighted by molar-refractivity contribution is 5.46. The first-order valence-corrected chi connectivity index (χ1v) is 8.09. The molecule has 0 bridgehead atoms. The largest absolute Gasteiger partial charge is 0.370 e. The van der Waals surface area contributed by atoms with Crippen LogP contribution in [0.5, 0.6) is 0 Å². The third kappa shape index (κ3) is 4.21. The summed E-state index contributed by atoms with van der Waals surface area (Å²) in [5, 5.41) is 3.37. The van der Waals surface area contributed by atoms with Crippen LogP contribution in [0.2, 0.25) is 0 Å². The Morgan fingerprint density at radius 2 is 1.68 bits per heavy atom. The van der Waals surface area contributed by atoms with Crippen molar-refractivity contribution in [2.75, 3.05) is 49.5 Å². The maximum absolute atomic E-state index is 4.28. The minimum absolute atomic E-state index is 0.969. The normalized spacial score (nSPS) is 15.7. The van der Waals surface area contributed by atoms with E-state index in [0.29, 0.717) is 0 Å². The Labute approximate surface area is 132 Å². The van der Waals surface area contributed by atoms with Gasteiger partial charge in [-0.25, -0.2) is 4.98 Å². The number of pyridine rings is 1. The summed E-state index contributed by atoms with van der Waals surface area (Å²) in [7, 11) is 0. The van der Waals surface area contributed by atoms with E-state index in [9.17, 15) is 0 Å². The Kier molecular flexibility index (Phi) is 5.27. The van der Waals surface area contributed by atoms with Gasteiger partial charge in [-0.1, -0.05) is 24.3 Å². The predicted molar refractivity (Wildman–Crippen MR) is 92.4 cm³/mol. The topological polar surface area (TPSA) is 31.4 Å². The monoisotopic (exact) mass is 296 g/mol. The van der Waals surface area contributed by atoms with Gasteiger partial charge in [-0.05, 0) is 37.2 Å². The van der Waals surface area contributed by atoms with E-state index in [4.69, 9.17) is 0 Å². The molecule has 4 heteroatoms. The summed E-state index contributed by atoms with van der Waals surface area (Å²) in [6.45, 7) is 6.69. The zero-order chi connectivity index (χ0) is 15.0. The maximum atomic E-state index is 4.28. The first kappa shape index (κ1) is 14.9. The fourth-order valence-electron chi connectivity index (χ4n) is 2.85. The van der Waals surface area contributed by atoms with Crippen molar-refractivity contribution in [2.24, 2.45) is 0 Å². The molecule has 0 saturated carbocycles. The summed E-state index contributed by atoms with van der Waals surface area (Å²) >= 11 is 0. The third-order valence-corrected chi connectivity index (χ3v) is 4.12. The Morgan fingerprint density at radius 3 is 2.41 bits per heavy atom. The Bertz CT molecular complexity index is 536. The molecule has 116 valence electrons. The second-order valence-corrected chi connectivity index (χ2v) is 5.66. The summed E-state index contributed by atoms with van der Waals surface area (Å²) in [6, 6.07) is 16.7. The minimum Gasteiger partial charge on any atom is -0.370 e. The molecular weight excluding hydrogens is 272 g/mol. The van der Waals surface area contributed by atoms with E-state index in [2.05, 4.69) is 50.4 Å². The number of aromatic nitrogens is 1. The van der Waals surface area contributed by atoms with Crippen LogP contribution < -0.4 is 10.2 Å². The molecule has 1 N–H and O–H groups in total. The van der Waals surface area contributed by atoms with Crippen molar-refractivity contribution in [3.05, 3.63) is 54.7 Å². The Balaban J connectivity index is 1.34. The van der Waals surface area contributed by atoms with Crippen LogP contribution in [0.3, 0.4) is 0 Å². The quantitative estimate of drug-likeness (QED) is 0.831. The molecule has 1 fully saturated rings. The number of benzene rings is 1. The van der Waals surface area contributed by atoms with Gasteiger partial charge in [0.15, 0.2) is 0 Å². The molecule has 1 saturated heterocycles. The average Bonchev–Trinajstić information content (AvgIpc) is 2.61. The number of nitrogens with zero attached hydrogens (tertiary/aromatic N) is 3. The minimum atomic E-state index is 0.969. The number of hydrogen-bond acceptors (Lipinski definition) is 4. The zero-order valence-electron chi connectivity index (χ0n) is 13.0. The van der Waals surface area contributed by atoms with Gasteiger partial charge in [-0.3, -0.25) is 4.90 Å². The number of anilines is 2. The molecule has 2 heterocycles. The summed E-state index contributed by atoms with van der Waals surface area (Å²) in [5.41, 5.74) is 1.35. The molecule has 3 rings (SSSR count). The Hall–Kier alpha value is -2.07. The molecule has 1 aromatic carbocycles. The molecular formula is C18H24N4.